The Morgan fingerprint density at radius 3 is 2.25 bits per heavy atom. The Kier molecular flexibility index (Phi) is 4.88. The summed E-state index contributed by atoms with van der Waals surface area (Å²) in [6.07, 6.45) is 0. The van der Waals surface area contributed by atoms with Crippen LogP contribution in [0.5, 0.6) is 0 Å². The summed E-state index contributed by atoms with van der Waals surface area (Å²) in [5, 5.41) is -0.213. The highest BCUT2D eigenvalue weighted by Crippen LogP contribution is 2.37. The SMILES string of the molecule is Cc1cc(C(Br)c2cc(F)c(Cl)cc2F)c(C)cc1Br. The van der Waals surface area contributed by atoms with Crippen molar-refractivity contribution in [3.8, 4) is 0 Å². The Bertz CT molecular complexity index is 614. The van der Waals surface area contributed by atoms with Crippen molar-refractivity contribution in [3.05, 3.63) is 67.6 Å². The van der Waals surface area contributed by atoms with Crippen LogP contribution in [0, 0.1) is 25.5 Å². The van der Waals surface area contributed by atoms with Gasteiger partial charge in [0.05, 0.1) is 9.85 Å². The molecule has 0 radical (unpaired) electrons. The highest BCUT2D eigenvalue weighted by atomic mass is 79.9. The van der Waals surface area contributed by atoms with Gasteiger partial charge >= 0.3 is 0 Å². The Morgan fingerprint density at radius 1 is 0.950 bits per heavy atom. The molecular formula is C15H11Br2ClF2. The monoisotopic (exact) mass is 422 g/mol. The zero-order valence-electron chi connectivity index (χ0n) is 10.8. The van der Waals surface area contributed by atoms with E-state index in [0.29, 0.717) is 0 Å². The fraction of sp³-hybridized carbons (Fsp3) is 0.200. The maximum Gasteiger partial charge on any atom is 0.142 e. The molecule has 20 heavy (non-hydrogen) atoms. The summed E-state index contributed by atoms with van der Waals surface area (Å²) in [5.41, 5.74) is 3.15. The molecule has 2 rings (SSSR count). The molecule has 0 aromatic heterocycles. The van der Waals surface area contributed by atoms with Crippen LogP contribution in [0.25, 0.3) is 0 Å². The van der Waals surface area contributed by atoms with Crippen molar-refractivity contribution in [2.24, 2.45) is 0 Å². The minimum Gasteiger partial charge on any atom is -0.207 e. The minimum absolute atomic E-state index is 0.213. The summed E-state index contributed by atoms with van der Waals surface area (Å²) < 4.78 is 28.5. The van der Waals surface area contributed by atoms with Gasteiger partial charge in [-0.05, 0) is 48.7 Å². The number of benzene rings is 2. The van der Waals surface area contributed by atoms with Crippen LogP contribution in [-0.2, 0) is 0 Å². The van der Waals surface area contributed by atoms with Gasteiger partial charge in [-0.2, -0.15) is 0 Å². The summed E-state index contributed by atoms with van der Waals surface area (Å²) in [6, 6.07) is 6.04. The van der Waals surface area contributed by atoms with E-state index in [9.17, 15) is 8.78 Å². The van der Waals surface area contributed by atoms with Gasteiger partial charge in [-0.3, -0.25) is 0 Å². The first-order valence-corrected chi connectivity index (χ1v) is 7.95. The summed E-state index contributed by atoms with van der Waals surface area (Å²) in [5.74, 6) is -1.16. The van der Waals surface area contributed by atoms with Crippen molar-refractivity contribution < 1.29 is 8.78 Å². The molecule has 2 aromatic carbocycles. The third kappa shape index (κ3) is 3.07. The lowest BCUT2D eigenvalue weighted by molar-refractivity contribution is 0.588. The number of halogens is 5. The van der Waals surface area contributed by atoms with Gasteiger partial charge in [-0.15, -0.1) is 0 Å². The van der Waals surface area contributed by atoms with E-state index in [4.69, 9.17) is 11.6 Å². The molecule has 2 aromatic rings. The van der Waals surface area contributed by atoms with Crippen molar-refractivity contribution in [2.75, 3.05) is 0 Å². The van der Waals surface area contributed by atoms with Crippen LogP contribution in [0.4, 0.5) is 8.78 Å². The topological polar surface area (TPSA) is 0 Å². The van der Waals surface area contributed by atoms with E-state index in [-0.39, 0.29) is 10.6 Å². The van der Waals surface area contributed by atoms with Crippen LogP contribution in [0.15, 0.2) is 28.7 Å². The van der Waals surface area contributed by atoms with Gasteiger partial charge in [-0.25, -0.2) is 8.78 Å². The molecule has 0 nitrogen and oxygen atoms in total. The zero-order valence-corrected chi connectivity index (χ0v) is 14.7. The Morgan fingerprint density at radius 2 is 1.60 bits per heavy atom. The van der Waals surface area contributed by atoms with Gasteiger partial charge in [0, 0.05) is 10.0 Å². The Hall–Kier alpha value is -0.450. The molecule has 0 aliphatic heterocycles. The zero-order chi connectivity index (χ0) is 15.0. The lowest BCUT2D eigenvalue weighted by atomic mass is 9.98. The number of aryl methyl sites for hydroxylation is 2. The van der Waals surface area contributed by atoms with Gasteiger partial charge in [0.25, 0.3) is 0 Å². The highest BCUT2D eigenvalue weighted by Gasteiger charge is 2.20. The average molecular weight is 425 g/mol. The largest absolute Gasteiger partial charge is 0.207 e. The number of alkyl halides is 1. The van der Waals surface area contributed by atoms with Gasteiger partial charge in [-0.1, -0.05) is 49.5 Å². The molecule has 1 unspecified atom stereocenters. The molecule has 0 amide bonds. The van der Waals surface area contributed by atoms with Crippen molar-refractivity contribution in [1.82, 2.24) is 0 Å². The molecule has 0 bridgehead atoms. The lowest BCUT2D eigenvalue weighted by Gasteiger charge is -2.16. The third-order valence-corrected chi connectivity index (χ3v) is 5.26. The number of hydrogen-bond donors (Lipinski definition) is 0. The molecule has 0 saturated carbocycles. The summed E-state index contributed by atoms with van der Waals surface area (Å²) >= 11 is 12.5. The van der Waals surface area contributed by atoms with Crippen molar-refractivity contribution in [2.45, 2.75) is 18.7 Å². The van der Waals surface area contributed by atoms with Crippen molar-refractivity contribution in [3.63, 3.8) is 0 Å². The normalized spacial score (nSPS) is 12.6. The molecule has 1 atom stereocenters. The second-order valence-corrected chi connectivity index (χ2v) is 6.79. The molecule has 0 N–H and O–H groups in total. The number of hydrogen-bond acceptors (Lipinski definition) is 0. The second kappa shape index (κ2) is 6.12. The van der Waals surface area contributed by atoms with Crippen LogP contribution >= 0.6 is 43.5 Å². The van der Waals surface area contributed by atoms with Gasteiger partial charge in [0.15, 0.2) is 0 Å². The quantitative estimate of drug-likeness (QED) is 0.382. The first kappa shape index (κ1) is 15.9. The fourth-order valence-electron chi connectivity index (χ4n) is 1.98. The van der Waals surface area contributed by atoms with E-state index < -0.39 is 16.5 Å². The molecule has 0 saturated heterocycles. The van der Waals surface area contributed by atoms with Crippen molar-refractivity contribution in [1.29, 1.82) is 0 Å². The van der Waals surface area contributed by atoms with E-state index in [1.807, 2.05) is 26.0 Å². The summed E-state index contributed by atoms with van der Waals surface area (Å²) in [4.78, 5) is -0.430. The maximum absolute atomic E-state index is 14.0. The molecule has 0 fully saturated rings. The Balaban J connectivity index is 2.54. The van der Waals surface area contributed by atoms with E-state index >= 15 is 0 Å². The molecule has 106 valence electrons. The number of rotatable bonds is 2. The van der Waals surface area contributed by atoms with Crippen LogP contribution in [-0.4, -0.2) is 0 Å². The molecule has 0 aliphatic carbocycles. The minimum atomic E-state index is -0.626. The molecule has 0 spiro atoms. The third-order valence-electron chi connectivity index (χ3n) is 3.13. The first-order chi connectivity index (χ1) is 9.31. The van der Waals surface area contributed by atoms with Gasteiger partial charge in [0.2, 0.25) is 0 Å². The molecular weight excluding hydrogens is 413 g/mol. The Labute approximate surface area is 138 Å². The van der Waals surface area contributed by atoms with E-state index in [1.165, 1.54) is 0 Å². The predicted molar refractivity (Wildman–Crippen MR) is 85.8 cm³/mol. The summed E-state index contributed by atoms with van der Waals surface area (Å²) in [7, 11) is 0. The molecule has 0 heterocycles. The molecule has 5 heteroatoms. The maximum atomic E-state index is 14.0. The van der Waals surface area contributed by atoms with Gasteiger partial charge in [0.1, 0.15) is 11.6 Å². The van der Waals surface area contributed by atoms with Crippen LogP contribution in [0.2, 0.25) is 5.02 Å². The standard InChI is InChI=1S/C15H11Br2ClF2/c1-7-4-11(16)8(2)3-9(7)15(17)10-5-14(20)12(18)6-13(10)19/h3-6,15H,1-2H3. The predicted octanol–water partition coefficient (Wildman–Crippen LogP) is 6.48. The smallest absolute Gasteiger partial charge is 0.142 e. The van der Waals surface area contributed by atoms with E-state index in [0.717, 1.165) is 33.3 Å². The van der Waals surface area contributed by atoms with Crippen LogP contribution < -0.4 is 0 Å². The highest BCUT2D eigenvalue weighted by molar-refractivity contribution is 9.10. The van der Waals surface area contributed by atoms with Crippen LogP contribution in [0.1, 0.15) is 27.1 Å². The van der Waals surface area contributed by atoms with Crippen molar-refractivity contribution >= 4 is 43.5 Å². The summed E-state index contributed by atoms with van der Waals surface area (Å²) in [6.45, 7) is 3.88. The molecule has 0 aliphatic rings. The average Bonchev–Trinajstić information content (AvgIpc) is 2.37. The second-order valence-electron chi connectivity index (χ2n) is 4.61. The van der Waals surface area contributed by atoms with E-state index in [1.54, 1.807) is 0 Å². The lowest BCUT2D eigenvalue weighted by Crippen LogP contribution is -2.01. The fourth-order valence-corrected chi connectivity index (χ4v) is 3.43. The van der Waals surface area contributed by atoms with E-state index in [2.05, 4.69) is 31.9 Å². The first-order valence-electron chi connectivity index (χ1n) is 5.86. The van der Waals surface area contributed by atoms with Crippen LogP contribution in [0.3, 0.4) is 0 Å². The van der Waals surface area contributed by atoms with Gasteiger partial charge < -0.3 is 0 Å².